The monoisotopic (exact) mass is 327 g/mol. The molecule has 0 spiro atoms. The summed E-state index contributed by atoms with van der Waals surface area (Å²) in [6.45, 7) is 0.984. The highest BCUT2D eigenvalue weighted by molar-refractivity contribution is 9.11. The zero-order chi connectivity index (χ0) is 10.7. The Morgan fingerprint density at radius 1 is 0.867 bits per heavy atom. The molecular weight excluding hydrogens is 318 g/mol. The van der Waals surface area contributed by atoms with Crippen LogP contribution in [-0.4, -0.2) is 4.57 Å². The average Bonchev–Trinajstić information content (AvgIpc) is 2.58. The first-order valence-corrected chi connectivity index (χ1v) is 6.40. The van der Waals surface area contributed by atoms with Gasteiger partial charge in [-0.15, -0.1) is 0 Å². The second kappa shape index (κ2) is 4.99. The smallest absolute Gasteiger partial charge is 0.0855 e. The standard InChI is InChI=1S/C12H11Br2N/c13-11-6-7-12(14)15(11)9-8-10-4-2-1-3-5-10/h1-7H,8-9H2. The minimum absolute atomic E-state index is 0.984. The Labute approximate surface area is 106 Å². The Morgan fingerprint density at radius 2 is 1.47 bits per heavy atom. The lowest BCUT2D eigenvalue weighted by molar-refractivity contribution is 0.675. The lowest BCUT2D eigenvalue weighted by atomic mass is 10.1. The molecule has 15 heavy (non-hydrogen) atoms. The Bertz CT molecular complexity index is 415. The fraction of sp³-hybridized carbons (Fsp3) is 0.167. The van der Waals surface area contributed by atoms with Crippen LogP contribution in [0, 0.1) is 0 Å². The molecule has 0 unspecified atom stereocenters. The zero-order valence-electron chi connectivity index (χ0n) is 8.16. The van der Waals surface area contributed by atoms with Gasteiger partial charge in [0, 0.05) is 6.54 Å². The fourth-order valence-corrected chi connectivity index (χ4v) is 2.76. The van der Waals surface area contributed by atoms with E-state index in [-0.39, 0.29) is 0 Å². The van der Waals surface area contributed by atoms with Crippen LogP contribution in [0.2, 0.25) is 0 Å². The zero-order valence-corrected chi connectivity index (χ0v) is 11.3. The van der Waals surface area contributed by atoms with Gasteiger partial charge < -0.3 is 4.57 Å². The third-order valence-corrected chi connectivity index (χ3v) is 3.73. The van der Waals surface area contributed by atoms with E-state index in [0.717, 1.165) is 22.2 Å². The molecule has 1 heterocycles. The van der Waals surface area contributed by atoms with Crippen LogP contribution in [0.25, 0.3) is 0 Å². The molecule has 2 rings (SSSR count). The summed E-state index contributed by atoms with van der Waals surface area (Å²) in [5, 5.41) is 0. The molecule has 2 aromatic rings. The molecule has 1 aromatic heterocycles. The third kappa shape index (κ3) is 2.73. The van der Waals surface area contributed by atoms with Gasteiger partial charge in [0.1, 0.15) is 0 Å². The van der Waals surface area contributed by atoms with Crippen molar-refractivity contribution in [3.8, 4) is 0 Å². The van der Waals surface area contributed by atoms with E-state index in [9.17, 15) is 0 Å². The van der Waals surface area contributed by atoms with Crippen LogP contribution in [0.15, 0.2) is 51.7 Å². The minimum atomic E-state index is 0.984. The van der Waals surface area contributed by atoms with Gasteiger partial charge in [-0.3, -0.25) is 0 Å². The van der Waals surface area contributed by atoms with Crippen molar-refractivity contribution in [2.45, 2.75) is 13.0 Å². The quantitative estimate of drug-likeness (QED) is 0.793. The molecular formula is C12H11Br2N. The van der Waals surface area contributed by atoms with Crippen molar-refractivity contribution in [3.63, 3.8) is 0 Å². The lowest BCUT2D eigenvalue weighted by Crippen LogP contribution is -2.01. The van der Waals surface area contributed by atoms with E-state index < -0.39 is 0 Å². The van der Waals surface area contributed by atoms with Crippen LogP contribution in [0.4, 0.5) is 0 Å². The SMILES string of the molecule is Brc1ccc(Br)n1CCc1ccccc1. The number of hydrogen-bond donors (Lipinski definition) is 0. The number of nitrogens with zero attached hydrogens (tertiary/aromatic N) is 1. The number of aryl methyl sites for hydroxylation is 1. The number of aromatic nitrogens is 1. The van der Waals surface area contributed by atoms with Gasteiger partial charge in [-0.05, 0) is 56.0 Å². The Morgan fingerprint density at radius 3 is 2.07 bits per heavy atom. The Kier molecular flexibility index (Phi) is 3.65. The summed E-state index contributed by atoms with van der Waals surface area (Å²) in [5.41, 5.74) is 1.37. The number of rotatable bonds is 3. The van der Waals surface area contributed by atoms with Crippen molar-refractivity contribution < 1.29 is 0 Å². The molecule has 3 heteroatoms. The van der Waals surface area contributed by atoms with E-state index >= 15 is 0 Å². The summed E-state index contributed by atoms with van der Waals surface area (Å²) in [4.78, 5) is 0. The number of halogens is 2. The summed E-state index contributed by atoms with van der Waals surface area (Å²) in [5.74, 6) is 0. The van der Waals surface area contributed by atoms with E-state index in [1.54, 1.807) is 0 Å². The Balaban J connectivity index is 2.05. The fourth-order valence-electron chi connectivity index (χ4n) is 1.52. The largest absolute Gasteiger partial charge is 0.330 e. The first-order chi connectivity index (χ1) is 7.27. The summed E-state index contributed by atoms with van der Waals surface area (Å²) in [6.07, 6.45) is 1.05. The van der Waals surface area contributed by atoms with Crippen molar-refractivity contribution in [3.05, 3.63) is 57.2 Å². The van der Waals surface area contributed by atoms with Crippen LogP contribution in [0.1, 0.15) is 5.56 Å². The minimum Gasteiger partial charge on any atom is -0.330 e. The molecule has 1 aromatic carbocycles. The first kappa shape index (κ1) is 11.0. The highest BCUT2D eigenvalue weighted by atomic mass is 79.9. The summed E-state index contributed by atoms with van der Waals surface area (Å²) in [7, 11) is 0. The van der Waals surface area contributed by atoms with Gasteiger partial charge in [0.25, 0.3) is 0 Å². The van der Waals surface area contributed by atoms with Gasteiger partial charge >= 0.3 is 0 Å². The van der Waals surface area contributed by atoms with Crippen molar-refractivity contribution in [1.82, 2.24) is 4.57 Å². The number of hydrogen-bond acceptors (Lipinski definition) is 0. The summed E-state index contributed by atoms with van der Waals surface area (Å²) >= 11 is 7.05. The first-order valence-electron chi connectivity index (χ1n) is 4.82. The molecule has 0 aliphatic heterocycles. The molecule has 1 nitrogen and oxygen atoms in total. The van der Waals surface area contributed by atoms with Gasteiger partial charge in [-0.2, -0.15) is 0 Å². The van der Waals surface area contributed by atoms with Crippen LogP contribution >= 0.6 is 31.9 Å². The van der Waals surface area contributed by atoms with Crippen molar-refractivity contribution in [2.75, 3.05) is 0 Å². The van der Waals surface area contributed by atoms with Gasteiger partial charge in [0.05, 0.1) is 9.21 Å². The predicted octanol–water partition coefficient (Wildman–Crippen LogP) is 4.26. The van der Waals surface area contributed by atoms with Crippen LogP contribution in [-0.2, 0) is 13.0 Å². The normalized spacial score (nSPS) is 10.5. The molecule has 0 bridgehead atoms. The van der Waals surface area contributed by atoms with Crippen LogP contribution in [0.5, 0.6) is 0 Å². The predicted molar refractivity (Wildman–Crippen MR) is 70.0 cm³/mol. The molecule has 0 saturated heterocycles. The molecule has 0 saturated carbocycles. The maximum atomic E-state index is 3.52. The highest BCUT2D eigenvalue weighted by Crippen LogP contribution is 2.20. The Hall–Kier alpha value is -0.540. The van der Waals surface area contributed by atoms with Gasteiger partial charge in [-0.25, -0.2) is 0 Å². The van der Waals surface area contributed by atoms with Crippen molar-refractivity contribution in [1.29, 1.82) is 0 Å². The molecule has 0 fully saturated rings. The maximum Gasteiger partial charge on any atom is 0.0855 e. The van der Waals surface area contributed by atoms with Gasteiger partial charge in [0.2, 0.25) is 0 Å². The second-order valence-electron chi connectivity index (χ2n) is 3.37. The molecule has 78 valence electrons. The molecule has 0 N–H and O–H groups in total. The summed E-state index contributed by atoms with van der Waals surface area (Å²) < 4.78 is 4.43. The lowest BCUT2D eigenvalue weighted by Gasteiger charge is -2.07. The van der Waals surface area contributed by atoms with Crippen LogP contribution < -0.4 is 0 Å². The molecule has 0 aliphatic carbocycles. The average molecular weight is 329 g/mol. The van der Waals surface area contributed by atoms with E-state index in [1.165, 1.54) is 5.56 Å². The molecule has 0 radical (unpaired) electrons. The highest BCUT2D eigenvalue weighted by Gasteiger charge is 2.02. The van der Waals surface area contributed by atoms with Gasteiger partial charge in [0.15, 0.2) is 0 Å². The van der Waals surface area contributed by atoms with Crippen molar-refractivity contribution in [2.24, 2.45) is 0 Å². The van der Waals surface area contributed by atoms with E-state index in [2.05, 4.69) is 72.8 Å². The van der Waals surface area contributed by atoms with Gasteiger partial charge in [-0.1, -0.05) is 30.3 Å². The van der Waals surface area contributed by atoms with Crippen molar-refractivity contribution >= 4 is 31.9 Å². The summed E-state index contributed by atoms with van der Waals surface area (Å²) in [6, 6.07) is 14.6. The molecule has 0 aliphatic rings. The topological polar surface area (TPSA) is 4.93 Å². The molecule has 0 atom stereocenters. The van der Waals surface area contributed by atoms with E-state index in [0.29, 0.717) is 0 Å². The van der Waals surface area contributed by atoms with E-state index in [4.69, 9.17) is 0 Å². The second-order valence-corrected chi connectivity index (χ2v) is 4.99. The number of benzene rings is 1. The molecule has 0 amide bonds. The van der Waals surface area contributed by atoms with Crippen LogP contribution in [0.3, 0.4) is 0 Å². The van der Waals surface area contributed by atoms with E-state index in [1.807, 2.05) is 6.07 Å². The third-order valence-electron chi connectivity index (χ3n) is 2.34. The maximum absolute atomic E-state index is 3.52.